The highest BCUT2D eigenvalue weighted by Gasteiger charge is 2.31. The fourth-order valence-corrected chi connectivity index (χ4v) is 1.19. The molecule has 1 aliphatic heterocycles. The zero-order chi connectivity index (χ0) is 10.6. The molecule has 7 nitrogen and oxygen atoms in total. The maximum absolute atomic E-state index is 11.2. The fraction of sp³-hybridized carbons (Fsp3) is 0.429. The minimum atomic E-state index is -0.434. The molecule has 0 saturated carbocycles. The van der Waals surface area contributed by atoms with Crippen LogP contribution >= 0.6 is 0 Å². The summed E-state index contributed by atoms with van der Waals surface area (Å²) in [5.74, 6) is 0.184. The molecule has 0 saturated heterocycles. The molecule has 1 aliphatic rings. The minimum Gasteiger partial charge on any atom is -0.385 e. The molecule has 0 aromatic rings. The molecule has 0 fully saturated rings. The van der Waals surface area contributed by atoms with Crippen LogP contribution in [0.2, 0.25) is 0 Å². The lowest BCUT2D eigenvalue weighted by Gasteiger charge is -2.20. The first kappa shape index (κ1) is 10.1. The van der Waals surface area contributed by atoms with Crippen LogP contribution in [0.1, 0.15) is 0 Å². The highest BCUT2D eigenvalue weighted by molar-refractivity contribution is 6.03. The Hall–Kier alpha value is -2.01. The lowest BCUT2D eigenvalue weighted by molar-refractivity contribution is 0.213. The molecule has 0 aromatic heterocycles. The Bertz CT molecular complexity index is 329. The van der Waals surface area contributed by atoms with Crippen LogP contribution in [0.3, 0.4) is 0 Å². The lowest BCUT2D eigenvalue weighted by atomic mass is 10.2. The Labute approximate surface area is 80.5 Å². The summed E-state index contributed by atoms with van der Waals surface area (Å²) < 4.78 is 0. The number of hydrogen-bond acceptors (Lipinski definition) is 3. The van der Waals surface area contributed by atoms with Crippen LogP contribution < -0.4 is 5.73 Å². The summed E-state index contributed by atoms with van der Waals surface area (Å²) in [5.41, 5.74) is 13.6. The van der Waals surface area contributed by atoms with E-state index < -0.39 is 12.1 Å². The van der Waals surface area contributed by atoms with Crippen molar-refractivity contribution >= 4 is 11.9 Å². The van der Waals surface area contributed by atoms with E-state index in [9.17, 15) is 4.79 Å². The monoisotopic (exact) mass is 194 g/mol. The van der Waals surface area contributed by atoms with Gasteiger partial charge in [0.05, 0.1) is 12.6 Å². The summed E-state index contributed by atoms with van der Waals surface area (Å²) in [5, 5.41) is 3.36. The van der Waals surface area contributed by atoms with E-state index in [4.69, 9.17) is 11.3 Å². The number of aliphatic imine (C=N–C) groups is 1. The van der Waals surface area contributed by atoms with Gasteiger partial charge in [-0.3, -0.25) is 0 Å². The van der Waals surface area contributed by atoms with Gasteiger partial charge in [-0.15, -0.1) is 6.58 Å². The van der Waals surface area contributed by atoms with Crippen molar-refractivity contribution in [2.24, 2.45) is 15.8 Å². The third-order valence-corrected chi connectivity index (χ3v) is 1.83. The highest BCUT2D eigenvalue weighted by atomic mass is 16.2. The van der Waals surface area contributed by atoms with Crippen molar-refractivity contribution in [2.45, 2.75) is 6.04 Å². The smallest absolute Gasteiger partial charge is 0.346 e. The zero-order valence-electron chi connectivity index (χ0n) is 7.50. The van der Waals surface area contributed by atoms with E-state index in [1.165, 1.54) is 4.90 Å². The van der Waals surface area contributed by atoms with Gasteiger partial charge in [-0.2, -0.15) is 4.99 Å². The number of nitrogens with zero attached hydrogens (tertiary/aromatic N) is 5. The van der Waals surface area contributed by atoms with Gasteiger partial charge in [0.1, 0.15) is 5.84 Å². The molecule has 1 heterocycles. The highest BCUT2D eigenvalue weighted by Crippen LogP contribution is 2.11. The van der Waals surface area contributed by atoms with Gasteiger partial charge in [-0.1, -0.05) is 11.2 Å². The molecular weight excluding hydrogens is 184 g/mol. The van der Waals surface area contributed by atoms with E-state index in [2.05, 4.69) is 21.6 Å². The van der Waals surface area contributed by atoms with E-state index in [1.54, 1.807) is 6.08 Å². The van der Waals surface area contributed by atoms with E-state index in [0.29, 0.717) is 6.54 Å². The predicted octanol–water partition coefficient (Wildman–Crippen LogP) is 0.644. The maximum Gasteiger partial charge on any atom is 0.346 e. The Morgan fingerprint density at radius 1 is 1.86 bits per heavy atom. The summed E-state index contributed by atoms with van der Waals surface area (Å²) in [4.78, 5) is 18.8. The standard InChI is InChI=1S/C7H10N6O/c1-2-3-13-5(4-10-12-9)6(8)11-7(13)14/h2,5H,1,3-4H2,(H2,8,11,14). The molecule has 0 spiro atoms. The molecule has 7 heteroatoms. The molecule has 0 aromatic carbocycles. The average Bonchev–Trinajstić information content (AvgIpc) is 2.40. The summed E-state index contributed by atoms with van der Waals surface area (Å²) in [6.45, 7) is 3.95. The molecule has 0 radical (unpaired) electrons. The SMILES string of the molecule is C=CCN1C(=O)N=C(N)C1CN=[N+]=[N-]. The molecule has 1 atom stereocenters. The molecule has 1 rings (SSSR count). The van der Waals surface area contributed by atoms with Crippen LogP contribution in [-0.4, -0.2) is 35.9 Å². The largest absolute Gasteiger partial charge is 0.385 e. The van der Waals surface area contributed by atoms with Gasteiger partial charge in [-0.25, -0.2) is 4.79 Å². The minimum absolute atomic E-state index is 0.103. The second kappa shape index (κ2) is 4.29. The molecule has 2 N–H and O–H groups in total. The molecule has 0 bridgehead atoms. The number of carbonyl (C=O) groups is 1. The first-order valence-corrected chi connectivity index (χ1v) is 3.97. The van der Waals surface area contributed by atoms with Crippen molar-refractivity contribution in [3.63, 3.8) is 0 Å². The number of hydrogen-bond donors (Lipinski definition) is 1. The average molecular weight is 194 g/mol. The Morgan fingerprint density at radius 2 is 2.57 bits per heavy atom. The van der Waals surface area contributed by atoms with Crippen molar-refractivity contribution in [1.29, 1.82) is 0 Å². The molecule has 74 valence electrons. The number of carbonyl (C=O) groups excluding carboxylic acids is 1. The van der Waals surface area contributed by atoms with Crippen LogP contribution in [0.25, 0.3) is 10.4 Å². The number of nitrogens with two attached hydrogens (primary N) is 1. The third kappa shape index (κ3) is 1.83. The number of amidine groups is 1. The molecule has 0 aliphatic carbocycles. The van der Waals surface area contributed by atoms with Crippen molar-refractivity contribution in [1.82, 2.24) is 4.90 Å². The Kier molecular flexibility index (Phi) is 3.09. The number of azide groups is 1. The van der Waals surface area contributed by atoms with Gasteiger partial charge in [0.2, 0.25) is 0 Å². The Morgan fingerprint density at radius 3 is 3.14 bits per heavy atom. The van der Waals surface area contributed by atoms with Crippen LogP contribution in [-0.2, 0) is 0 Å². The van der Waals surface area contributed by atoms with Crippen molar-refractivity contribution in [2.75, 3.05) is 13.1 Å². The second-order valence-electron chi connectivity index (χ2n) is 2.69. The third-order valence-electron chi connectivity index (χ3n) is 1.83. The van der Waals surface area contributed by atoms with Crippen molar-refractivity contribution in [3.8, 4) is 0 Å². The maximum atomic E-state index is 11.2. The number of amides is 2. The molecular formula is C7H10N6O. The molecule has 1 unspecified atom stereocenters. The molecule has 14 heavy (non-hydrogen) atoms. The van der Waals surface area contributed by atoms with Gasteiger partial charge in [0.25, 0.3) is 0 Å². The summed E-state index contributed by atoms with van der Waals surface area (Å²) in [7, 11) is 0. The van der Waals surface area contributed by atoms with Gasteiger partial charge < -0.3 is 10.6 Å². The summed E-state index contributed by atoms with van der Waals surface area (Å²) in [6, 6.07) is -0.850. The first-order chi connectivity index (χ1) is 6.70. The summed E-state index contributed by atoms with van der Waals surface area (Å²) >= 11 is 0. The van der Waals surface area contributed by atoms with Crippen molar-refractivity contribution < 1.29 is 4.79 Å². The first-order valence-electron chi connectivity index (χ1n) is 3.97. The van der Waals surface area contributed by atoms with Crippen LogP contribution in [0.15, 0.2) is 22.8 Å². The fourth-order valence-electron chi connectivity index (χ4n) is 1.19. The van der Waals surface area contributed by atoms with E-state index in [-0.39, 0.29) is 12.4 Å². The number of rotatable bonds is 4. The van der Waals surface area contributed by atoms with E-state index >= 15 is 0 Å². The van der Waals surface area contributed by atoms with E-state index in [1.807, 2.05) is 0 Å². The van der Waals surface area contributed by atoms with Gasteiger partial charge >= 0.3 is 6.03 Å². The normalized spacial score (nSPS) is 20.3. The van der Waals surface area contributed by atoms with Gasteiger partial charge in [0, 0.05) is 11.5 Å². The lowest BCUT2D eigenvalue weighted by Crippen LogP contribution is -2.42. The summed E-state index contributed by atoms with van der Waals surface area (Å²) in [6.07, 6.45) is 1.56. The Balaban J connectivity index is 2.77. The van der Waals surface area contributed by atoms with Crippen LogP contribution in [0.5, 0.6) is 0 Å². The topological polar surface area (TPSA) is 107 Å². The zero-order valence-corrected chi connectivity index (χ0v) is 7.50. The van der Waals surface area contributed by atoms with Gasteiger partial charge in [-0.05, 0) is 5.53 Å². The van der Waals surface area contributed by atoms with E-state index in [0.717, 1.165) is 0 Å². The number of urea groups is 1. The second-order valence-corrected chi connectivity index (χ2v) is 2.69. The van der Waals surface area contributed by atoms with Crippen LogP contribution in [0, 0.1) is 0 Å². The predicted molar refractivity (Wildman–Crippen MR) is 51.7 cm³/mol. The van der Waals surface area contributed by atoms with Gasteiger partial charge in [0.15, 0.2) is 0 Å². The molecule has 2 amide bonds. The van der Waals surface area contributed by atoms with Crippen molar-refractivity contribution in [3.05, 3.63) is 23.1 Å². The van der Waals surface area contributed by atoms with Crippen LogP contribution in [0.4, 0.5) is 4.79 Å². The quantitative estimate of drug-likeness (QED) is 0.307.